The molecule has 86 valence electrons. The van der Waals surface area contributed by atoms with Gasteiger partial charge >= 0.3 is 0 Å². The van der Waals surface area contributed by atoms with Crippen molar-refractivity contribution < 1.29 is 13.2 Å². The van der Waals surface area contributed by atoms with Gasteiger partial charge in [-0.25, -0.2) is 8.42 Å². The third-order valence-electron chi connectivity index (χ3n) is 4.55. The second-order valence-electron chi connectivity index (χ2n) is 5.26. The minimum atomic E-state index is -3.10. The Kier molecular flexibility index (Phi) is 2.00. The van der Waals surface area contributed by atoms with Crippen LogP contribution >= 0.6 is 11.6 Å². The van der Waals surface area contributed by atoms with Gasteiger partial charge in [-0.2, -0.15) is 0 Å². The van der Waals surface area contributed by atoms with Crippen molar-refractivity contribution in [1.82, 2.24) is 0 Å². The lowest BCUT2D eigenvalue weighted by Gasteiger charge is -2.42. The van der Waals surface area contributed by atoms with E-state index in [0.29, 0.717) is 13.2 Å². The Morgan fingerprint density at radius 2 is 1.93 bits per heavy atom. The summed E-state index contributed by atoms with van der Waals surface area (Å²) in [6.45, 7) is 1.13. The Morgan fingerprint density at radius 1 is 1.20 bits per heavy atom. The molecule has 3 nitrogen and oxygen atoms in total. The molecule has 3 atom stereocenters. The normalized spacial score (nSPS) is 52.5. The lowest BCUT2D eigenvalue weighted by molar-refractivity contribution is 0.0860. The molecule has 2 saturated heterocycles. The summed E-state index contributed by atoms with van der Waals surface area (Å²) in [7, 11) is -3.10. The van der Waals surface area contributed by atoms with E-state index >= 15 is 0 Å². The maximum atomic E-state index is 11.9. The van der Waals surface area contributed by atoms with Crippen molar-refractivity contribution in [3.05, 3.63) is 0 Å². The lowest BCUT2D eigenvalue weighted by Crippen LogP contribution is -2.44. The molecule has 3 rings (SSSR count). The van der Waals surface area contributed by atoms with Gasteiger partial charge in [-0.15, -0.1) is 11.6 Å². The zero-order valence-corrected chi connectivity index (χ0v) is 10.1. The van der Waals surface area contributed by atoms with Crippen molar-refractivity contribution in [2.24, 2.45) is 10.8 Å². The number of rotatable bonds is 0. The first-order valence-electron chi connectivity index (χ1n) is 5.46. The second kappa shape index (κ2) is 2.90. The average molecular weight is 251 g/mol. The van der Waals surface area contributed by atoms with E-state index in [-0.39, 0.29) is 16.6 Å². The van der Waals surface area contributed by atoms with Crippen LogP contribution in [0.2, 0.25) is 0 Å². The van der Waals surface area contributed by atoms with Crippen LogP contribution in [0.1, 0.15) is 25.7 Å². The number of hydrogen-bond donors (Lipinski definition) is 0. The second-order valence-corrected chi connectivity index (χ2v) is 8.04. The Hall–Kier alpha value is 0.200. The first-order valence-corrected chi connectivity index (χ1v) is 7.61. The SMILES string of the molecule is O=S1(=O)C[C@@]23CCCC[C@@]2(COC3)[C@H]1Cl. The predicted octanol–water partition coefficient (Wildman–Crippen LogP) is 1.56. The zero-order chi connectivity index (χ0) is 10.7. The van der Waals surface area contributed by atoms with Crippen LogP contribution in [-0.2, 0) is 14.6 Å². The molecule has 15 heavy (non-hydrogen) atoms. The van der Waals surface area contributed by atoms with Crippen LogP contribution in [0.15, 0.2) is 0 Å². The van der Waals surface area contributed by atoms with E-state index < -0.39 is 14.5 Å². The molecule has 2 heterocycles. The predicted molar refractivity (Wildman–Crippen MR) is 57.6 cm³/mol. The molecule has 0 radical (unpaired) electrons. The number of hydrogen-bond acceptors (Lipinski definition) is 3. The minimum Gasteiger partial charge on any atom is -0.380 e. The van der Waals surface area contributed by atoms with E-state index in [1.807, 2.05) is 0 Å². The standard InChI is InChI=1S/C10H15ClO3S/c11-8-10-4-2-1-3-9(10,5-14-6-10)7-15(8,12)13/h8H,1-7H2/t8-,9-,10+/m0/s1. The molecule has 1 saturated carbocycles. The van der Waals surface area contributed by atoms with Crippen LogP contribution in [0, 0.1) is 10.8 Å². The smallest absolute Gasteiger partial charge is 0.168 e. The molecule has 1 aliphatic carbocycles. The monoisotopic (exact) mass is 250 g/mol. The Bertz CT molecular complexity index is 393. The highest BCUT2D eigenvalue weighted by Crippen LogP contribution is 2.64. The first-order chi connectivity index (χ1) is 7.03. The Labute approximate surface area is 95.0 Å². The molecule has 0 aromatic heterocycles. The largest absolute Gasteiger partial charge is 0.380 e. The molecule has 0 bridgehead atoms. The highest BCUT2D eigenvalue weighted by Gasteiger charge is 2.69. The van der Waals surface area contributed by atoms with E-state index in [1.54, 1.807) is 0 Å². The average Bonchev–Trinajstić information content (AvgIpc) is 2.61. The molecule has 0 N–H and O–H groups in total. The molecule has 0 unspecified atom stereocenters. The maximum Gasteiger partial charge on any atom is 0.168 e. The highest BCUT2D eigenvalue weighted by atomic mass is 35.5. The fourth-order valence-corrected chi connectivity index (χ4v) is 6.91. The van der Waals surface area contributed by atoms with E-state index in [2.05, 4.69) is 0 Å². The van der Waals surface area contributed by atoms with E-state index in [1.165, 1.54) is 0 Å². The fourth-order valence-electron chi connectivity index (χ4n) is 3.77. The molecular formula is C10H15ClO3S. The number of sulfone groups is 1. The van der Waals surface area contributed by atoms with Crippen LogP contribution in [-0.4, -0.2) is 32.1 Å². The minimum absolute atomic E-state index is 0.156. The summed E-state index contributed by atoms with van der Waals surface area (Å²) in [5, 5.41) is 0. The van der Waals surface area contributed by atoms with Crippen LogP contribution in [0.5, 0.6) is 0 Å². The van der Waals surface area contributed by atoms with Gasteiger partial charge in [0.1, 0.15) is 4.71 Å². The summed E-state index contributed by atoms with van der Waals surface area (Å²) < 4.78 is 28.7. The van der Waals surface area contributed by atoms with Crippen LogP contribution in [0.3, 0.4) is 0 Å². The molecule has 3 aliphatic rings. The fraction of sp³-hybridized carbons (Fsp3) is 1.00. The molecule has 0 spiro atoms. The van der Waals surface area contributed by atoms with Gasteiger partial charge in [0, 0.05) is 10.8 Å². The van der Waals surface area contributed by atoms with Gasteiger partial charge in [0.25, 0.3) is 0 Å². The molecule has 2 aliphatic heterocycles. The zero-order valence-electron chi connectivity index (χ0n) is 8.54. The van der Waals surface area contributed by atoms with E-state index in [0.717, 1.165) is 25.7 Å². The number of alkyl halides is 1. The summed E-state index contributed by atoms with van der Waals surface area (Å²) in [5.41, 5.74) is -0.428. The molecular weight excluding hydrogens is 236 g/mol. The van der Waals surface area contributed by atoms with Crippen molar-refractivity contribution in [2.75, 3.05) is 19.0 Å². The van der Waals surface area contributed by atoms with E-state index in [4.69, 9.17) is 16.3 Å². The van der Waals surface area contributed by atoms with Crippen LogP contribution in [0.4, 0.5) is 0 Å². The Morgan fingerprint density at radius 3 is 2.67 bits per heavy atom. The Balaban J connectivity index is 2.15. The van der Waals surface area contributed by atoms with Gasteiger partial charge in [-0.05, 0) is 12.8 Å². The number of ether oxygens (including phenoxy) is 1. The molecule has 0 amide bonds. The maximum absolute atomic E-state index is 11.9. The van der Waals surface area contributed by atoms with Crippen LogP contribution in [0.25, 0.3) is 0 Å². The van der Waals surface area contributed by atoms with Crippen molar-refractivity contribution in [1.29, 1.82) is 0 Å². The summed E-state index contributed by atoms with van der Waals surface area (Å²) in [6.07, 6.45) is 4.09. The molecule has 3 fully saturated rings. The third-order valence-corrected chi connectivity index (χ3v) is 7.82. The third kappa shape index (κ3) is 1.08. The first kappa shape index (κ1) is 10.4. The summed E-state index contributed by atoms with van der Waals surface area (Å²) in [5.74, 6) is 0.244. The van der Waals surface area contributed by atoms with Gasteiger partial charge in [0.15, 0.2) is 9.84 Å². The van der Waals surface area contributed by atoms with Crippen LogP contribution < -0.4 is 0 Å². The number of halogens is 1. The molecule has 0 aromatic rings. The molecule has 5 heteroatoms. The molecule has 0 aromatic carbocycles. The van der Waals surface area contributed by atoms with Crippen molar-refractivity contribution >= 4 is 21.4 Å². The summed E-state index contributed by atoms with van der Waals surface area (Å²) in [4.78, 5) is 0. The van der Waals surface area contributed by atoms with Gasteiger partial charge < -0.3 is 4.74 Å². The van der Waals surface area contributed by atoms with Crippen molar-refractivity contribution in [3.8, 4) is 0 Å². The van der Waals surface area contributed by atoms with Crippen molar-refractivity contribution in [2.45, 2.75) is 30.4 Å². The lowest BCUT2D eigenvalue weighted by atomic mass is 9.60. The van der Waals surface area contributed by atoms with E-state index in [9.17, 15) is 8.42 Å². The van der Waals surface area contributed by atoms with Crippen molar-refractivity contribution in [3.63, 3.8) is 0 Å². The van der Waals surface area contributed by atoms with Gasteiger partial charge in [-0.1, -0.05) is 12.8 Å². The quantitative estimate of drug-likeness (QED) is 0.613. The van der Waals surface area contributed by atoms with Gasteiger partial charge in [-0.3, -0.25) is 0 Å². The summed E-state index contributed by atoms with van der Waals surface area (Å²) in [6, 6.07) is 0. The topological polar surface area (TPSA) is 43.4 Å². The summed E-state index contributed by atoms with van der Waals surface area (Å²) >= 11 is 6.20. The highest BCUT2D eigenvalue weighted by molar-refractivity contribution is 7.93. The van der Waals surface area contributed by atoms with Gasteiger partial charge in [0.05, 0.1) is 19.0 Å². The van der Waals surface area contributed by atoms with Gasteiger partial charge in [0.2, 0.25) is 0 Å².